The molecule has 4 rings (SSSR count). The van der Waals surface area contributed by atoms with E-state index in [9.17, 15) is 0 Å². The van der Waals surface area contributed by atoms with Crippen LogP contribution >= 0.6 is 11.6 Å². The fourth-order valence-electron chi connectivity index (χ4n) is 3.38. The minimum Gasteiger partial charge on any atom is -0.297 e. The molecule has 0 bridgehead atoms. The largest absolute Gasteiger partial charge is 0.297 e. The fourth-order valence-corrected chi connectivity index (χ4v) is 3.50. The van der Waals surface area contributed by atoms with Gasteiger partial charge in [0.15, 0.2) is 0 Å². The van der Waals surface area contributed by atoms with Crippen LogP contribution in [0.2, 0.25) is 5.02 Å². The summed E-state index contributed by atoms with van der Waals surface area (Å²) in [5, 5.41) is 5.30. The Hall–Kier alpha value is -2.14. The summed E-state index contributed by atoms with van der Waals surface area (Å²) in [6.45, 7) is 6.32. The average Bonchev–Trinajstić information content (AvgIpc) is 3.14. The van der Waals surface area contributed by atoms with Gasteiger partial charge in [0.2, 0.25) is 0 Å². The minimum absolute atomic E-state index is 0.801. The quantitative estimate of drug-likeness (QED) is 0.685. The highest BCUT2D eigenvalue weighted by molar-refractivity contribution is 6.30. The van der Waals surface area contributed by atoms with Crippen molar-refractivity contribution in [2.24, 2.45) is 0 Å². The molecule has 5 heteroatoms. The Morgan fingerprint density at radius 3 is 2.04 bits per heavy atom. The normalized spacial score (nSPS) is 16.0. The van der Waals surface area contributed by atoms with E-state index in [2.05, 4.69) is 45.4 Å². The molecule has 26 heavy (non-hydrogen) atoms. The van der Waals surface area contributed by atoms with Crippen LogP contribution in [0.4, 0.5) is 0 Å². The Kier molecular flexibility index (Phi) is 5.34. The highest BCUT2D eigenvalue weighted by atomic mass is 35.5. The van der Waals surface area contributed by atoms with Crippen LogP contribution in [0, 0.1) is 0 Å². The van der Waals surface area contributed by atoms with Crippen LogP contribution in [0.5, 0.6) is 0 Å². The summed E-state index contributed by atoms with van der Waals surface area (Å²) in [7, 11) is 0. The summed E-state index contributed by atoms with van der Waals surface area (Å²) in [6, 6.07) is 18.4. The molecule has 0 amide bonds. The van der Waals surface area contributed by atoms with Gasteiger partial charge in [-0.2, -0.15) is 5.10 Å². The lowest BCUT2D eigenvalue weighted by atomic mass is 10.2. The first-order chi connectivity index (χ1) is 12.8. The van der Waals surface area contributed by atoms with Gasteiger partial charge in [0.05, 0.1) is 11.9 Å². The number of aromatic nitrogens is 2. The molecule has 0 spiro atoms. The van der Waals surface area contributed by atoms with E-state index < -0.39 is 0 Å². The van der Waals surface area contributed by atoms with Gasteiger partial charge in [-0.05, 0) is 29.8 Å². The predicted octanol–water partition coefficient (Wildman–Crippen LogP) is 3.84. The van der Waals surface area contributed by atoms with Crippen LogP contribution in [-0.2, 0) is 13.1 Å². The summed E-state index contributed by atoms with van der Waals surface area (Å²) in [5.41, 5.74) is 3.69. The highest BCUT2D eigenvalue weighted by Crippen LogP contribution is 2.15. The van der Waals surface area contributed by atoms with Crippen LogP contribution in [0.1, 0.15) is 11.1 Å². The molecular weight excluding hydrogens is 344 g/mol. The maximum absolute atomic E-state index is 5.96. The van der Waals surface area contributed by atoms with E-state index in [-0.39, 0.29) is 0 Å². The molecule has 3 aromatic rings. The molecule has 0 aliphatic carbocycles. The zero-order valence-corrected chi connectivity index (χ0v) is 15.5. The number of rotatable bonds is 5. The Labute approximate surface area is 159 Å². The molecule has 4 nitrogen and oxygen atoms in total. The van der Waals surface area contributed by atoms with Crippen molar-refractivity contribution in [3.05, 3.63) is 83.1 Å². The van der Waals surface area contributed by atoms with Crippen molar-refractivity contribution in [2.75, 3.05) is 26.2 Å². The number of piperazine rings is 1. The Morgan fingerprint density at radius 1 is 0.769 bits per heavy atom. The van der Waals surface area contributed by atoms with Gasteiger partial charge in [-0.3, -0.25) is 9.80 Å². The number of halogens is 1. The van der Waals surface area contributed by atoms with Gasteiger partial charge in [-0.25, -0.2) is 4.68 Å². The third-order valence-electron chi connectivity index (χ3n) is 4.85. The van der Waals surface area contributed by atoms with Gasteiger partial charge in [0, 0.05) is 56.1 Å². The number of hydrogen-bond acceptors (Lipinski definition) is 3. The molecular formula is C21H23ClN4. The standard InChI is InChI=1S/C21H23ClN4/c22-20-8-6-18(7-9-20)15-24-10-12-25(13-11-24)16-19-14-23-26(17-19)21-4-2-1-3-5-21/h1-9,14,17H,10-13,15-16H2. The summed E-state index contributed by atoms with van der Waals surface area (Å²) >= 11 is 5.96. The molecule has 134 valence electrons. The SMILES string of the molecule is Clc1ccc(CN2CCN(Cc3cnn(-c4ccccc4)c3)CC2)cc1. The number of nitrogens with zero attached hydrogens (tertiary/aromatic N) is 4. The lowest BCUT2D eigenvalue weighted by Crippen LogP contribution is -2.45. The number of hydrogen-bond donors (Lipinski definition) is 0. The molecule has 1 fully saturated rings. The second-order valence-electron chi connectivity index (χ2n) is 6.81. The van der Waals surface area contributed by atoms with Crippen molar-refractivity contribution < 1.29 is 0 Å². The molecule has 0 saturated carbocycles. The summed E-state index contributed by atoms with van der Waals surface area (Å²) < 4.78 is 1.95. The second-order valence-corrected chi connectivity index (χ2v) is 7.24. The fraction of sp³-hybridized carbons (Fsp3) is 0.286. The first-order valence-corrected chi connectivity index (χ1v) is 9.42. The summed E-state index contributed by atoms with van der Waals surface area (Å²) in [5.74, 6) is 0. The van der Waals surface area contributed by atoms with Crippen molar-refractivity contribution in [1.29, 1.82) is 0 Å². The van der Waals surface area contributed by atoms with E-state index in [4.69, 9.17) is 11.6 Å². The van der Waals surface area contributed by atoms with Crippen LogP contribution < -0.4 is 0 Å². The summed E-state index contributed by atoms with van der Waals surface area (Å²) in [4.78, 5) is 5.01. The first kappa shape index (κ1) is 17.3. The van der Waals surface area contributed by atoms with Gasteiger partial charge in [-0.15, -0.1) is 0 Å². The molecule has 1 saturated heterocycles. The van der Waals surface area contributed by atoms with Gasteiger partial charge in [0.25, 0.3) is 0 Å². The monoisotopic (exact) mass is 366 g/mol. The molecule has 2 heterocycles. The van der Waals surface area contributed by atoms with E-state index >= 15 is 0 Å². The van der Waals surface area contributed by atoms with Crippen LogP contribution in [-0.4, -0.2) is 45.8 Å². The molecule has 2 aromatic carbocycles. The van der Waals surface area contributed by atoms with E-state index in [1.54, 1.807) is 0 Å². The zero-order chi connectivity index (χ0) is 17.8. The smallest absolute Gasteiger partial charge is 0.0645 e. The minimum atomic E-state index is 0.801. The van der Waals surface area contributed by atoms with Crippen LogP contribution in [0.3, 0.4) is 0 Å². The number of benzene rings is 2. The van der Waals surface area contributed by atoms with E-state index in [0.29, 0.717) is 0 Å². The van der Waals surface area contributed by atoms with Gasteiger partial charge in [-0.1, -0.05) is 41.9 Å². The van der Waals surface area contributed by atoms with Gasteiger partial charge >= 0.3 is 0 Å². The van der Waals surface area contributed by atoms with Crippen molar-refractivity contribution in [2.45, 2.75) is 13.1 Å². The third kappa shape index (κ3) is 4.33. The zero-order valence-electron chi connectivity index (χ0n) is 14.8. The van der Waals surface area contributed by atoms with Gasteiger partial charge < -0.3 is 0 Å². The van der Waals surface area contributed by atoms with E-state index in [1.165, 1.54) is 11.1 Å². The molecule has 1 aromatic heterocycles. The molecule has 0 radical (unpaired) electrons. The highest BCUT2D eigenvalue weighted by Gasteiger charge is 2.17. The topological polar surface area (TPSA) is 24.3 Å². The van der Waals surface area contributed by atoms with Gasteiger partial charge in [0.1, 0.15) is 0 Å². The maximum Gasteiger partial charge on any atom is 0.0645 e. The van der Waals surface area contributed by atoms with E-state index in [0.717, 1.165) is 50.0 Å². The molecule has 0 N–H and O–H groups in total. The molecule has 0 atom stereocenters. The lowest BCUT2D eigenvalue weighted by molar-refractivity contribution is 0.122. The number of para-hydroxylation sites is 1. The Balaban J connectivity index is 1.29. The first-order valence-electron chi connectivity index (χ1n) is 9.04. The Morgan fingerprint density at radius 2 is 1.38 bits per heavy atom. The second kappa shape index (κ2) is 8.04. The predicted molar refractivity (Wildman–Crippen MR) is 106 cm³/mol. The lowest BCUT2D eigenvalue weighted by Gasteiger charge is -2.34. The van der Waals surface area contributed by atoms with Crippen LogP contribution in [0.15, 0.2) is 67.0 Å². The van der Waals surface area contributed by atoms with Crippen molar-refractivity contribution in [3.8, 4) is 5.69 Å². The van der Waals surface area contributed by atoms with Crippen molar-refractivity contribution in [1.82, 2.24) is 19.6 Å². The molecule has 1 aliphatic heterocycles. The molecule has 0 unspecified atom stereocenters. The van der Waals surface area contributed by atoms with Crippen molar-refractivity contribution in [3.63, 3.8) is 0 Å². The average molecular weight is 367 g/mol. The summed E-state index contributed by atoms with van der Waals surface area (Å²) in [6.07, 6.45) is 4.11. The Bertz CT molecular complexity index is 821. The molecule has 1 aliphatic rings. The van der Waals surface area contributed by atoms with Crippen LogP contribution in [0.25, 0.3) is 5.69 Å². The van der Waals surface area contributed by atoms with Crippen molar-refractivity contribution >= 4 is 11.6 Å². The van der Waals surface area contributed by atoms with E-state index in [1.807, 2.05) is 41.2 Å². The maximum atomic E-state index is 5.96. The third-order valence-corrected chi connectivity index (χ3v) is 5.10.